The Hall–Kier alpha value is -5.22. The molecule has 44 heavy (non-hydrogen) atoms. The summed E-state index contributed by atoms with van der Waals surface area (Å²) in [4.78, 5) is 25.1. The first-order valence-electron chi connectivity index (χ1n) is 13.6. The van der Waals surface area contributed by atoms with Gasteiger partial charge in [-0.15, -0.1) is 0 Å². The van der Waals surface area contributed by atoms with Crippen molar-refractivity contribution in [3.05, 3.63) is 130 Å². The summed E-state index contributed by atoms with van der Waals surface area (Å²) in [5, 5.41) is 6.73. The molecule has 10 heteroatoms. The van der Waals surface area contributed by atoms with Crippen molar-refractivity contribution in [2.75, 3.05) is 19.0 Å². The van der Waals surface area contributed by atoms with E-state index >= 15 is 0 Å². The Morgan fingerprint density at radius 3 is 2.39 bits per heavy atom. The molecule has 222 valence electrons. The molecule has 0 radical (unpaired) electrons. The van der Waals surface area contributed by atoms with Crippen LogP contribution < -0.4 is 20.2 Å². The molecule has 1 aromatic heterocycles. The number of nitrogens with zero attached hydrogens (tertiary/aromatic N) is 2. The van der Waals surface area contributed by atoms with Gasteiger partial charge in [0, 0.05) is 22.6 Å². The van der Waals surface area contributed by atoms with E-state index in [0.717, 1.165) is 22.6 Å². The first-order chi connectivity index (χ1) is 21.3. The molecule has 0 aliphatic rings. The van der Waals surface area contributed by atoms with Crippen LogP contribution in [0.4, 0.5) is 10.1 Å². The molecule has 1 heterocycles. The van der Waals surface area contributed by atoms with Crippen LogP contribution in [0.2, 0.25) is 0 Å². The van der Waals surface area contributed by atoms with Gasteiger partial charge in [-0.2, -0.15) is 5.10 Å². The molecule has 8 nitrogen and oxygen atoms in total. The number of amides is 2. The summed E-state index contributed by atoms with van der Waals surface area (Å²) in [6.45, 7) is 1.74. The van der Waals surface area contributed by atoms with Crippen LogP contribution in [0.3, 0.4) is 0 Å². The number of anilines is 1. The Morgan fingerprint density at radius 1 is 0.955 bits per heavy atom. The number of methoxy groups -OCH3 is 1. The summed E-state index contributed by atoms with van der Waals surface area (Å²) in [6, 6.07) is 30.4. The van der Waals surface area contributed by atoms with Gasteiger partial charge >= 0.3 is 0 Å². The Kier molecular flexibility index (Phi) is 9.51. The van der Waals surface area contributed by atoms with Crippen LogP contribution in [0.15, 0.2) is 113 Å². The fourth-order valence-electron chi connectivity index (χ4n) is 4.53. The number of halogens is 2. The average Bonchev–Trinajstić information content (AvgIpc) is 3.43. The number of rotatable bonds is 10. The number of aryl methyl sites for hydroxylation is 1. The van der Waals surface area contributed by atoms with Gasteiger partial charge in [-0.25, -0.2) is 9.82 Å². The standard InChI is InChI=1S/C34H28BrFN4O4/c1-22-8-17-30(24-6-4-3-5-7-24)40(22)28-15-9-25(10-16-28)34(42)39-37-20-23-18-29(35)33(31(19-23)43-2)44-21-32(41)38-27-13-11-26(36)12-14-27/h3-20H,21H2,1-2H3,(H,38,41)(H,39,42)/b37-20+. The molecule has 2 N–H and O–H groups in total. The summed E-state index contributed by atoms with van der Waals surface area (Å²) in [6.07, 6.45) is 1.47. The molecule has 0 spiro atoms. The third-order valence-corrected chi connectivity index (χ3v) is 7.23. The lowest BCUT2D eigenvalue weighted by atomic mass is 10.1. The number of hydrogen-bond acceptors (Lipinski definition) is 5. The van der Waals surface area contributed by atoms with Crippen molar-refractivity contribution in [1.29, 1.82) is 0 Å². The van der Waals surface area contributed by atoms with Crippen LogP contribution in [0.1, 0.15) is 21.6 Å². The monoisotopic (exact) mass is 654 g/mol. The Bertz CT molecular complexity index is 1800. The van der Waals surface area contributed by atoms with Gasteiger partial charge in [0.15, 0.2) is 18.1 Å². The normalized spacial score (nSPS) is 10.9. The van der Waals surface area contributed by atoms with Crippen LogP contribution in [-0.2, 0) is 4.79 Å². The maximum Gasteiger partial charge on any atom is 0.271 e. The molecule has 0 fully saturated rings. The van der Waals surface area contributed by atoms with E-state index in [1.165, 1.54) is 37.6 Å². The van der Waals surface area contributed by atoms with Crippen LogP contribution in [0.25, 0.3) is 16.9 Å². The molecule has 0 aliphatic heterocycles. The predicted molar refractivity (Wildman–Crippen MR) is 172 cm³/mol. The van der Waals surface area contributed by atoms with Gasteiger partial charge in [-0.3, -0.25) is 9.59 Å². The van der Waals surface area contributed by atoms with E-state index in [4.69, 9.17) is 9.47 Å². The van der Waals surface area contributed by atoms with Gasteiger partial charge in [0.05, 0.1) is 23.5 Å². The van der Waals surface area contributed by atoms with E-state index in [9.17, 15) is 14.0 Å². The molecule has 2 amide bonds. The second-order valence-corrected chi connectivity index (χ2v) is 10.5. The quantitative estimate of drug-likeness (QED) is 0.124. The smallest absolute Gasteiger partial charge is 0.271 e. The number of nitrogens with one attached hydrogen (secondary N) is 2. The zero-order valence-corrected chi connectivity index (χ0v) is 25.5. The third-order valence-electron chi connectivity index (χ3n) is 6.64. The average molecular weight is 656 g/mol. The molecule has 0 unspecified atom stereocenters. The lowest BCUT2D eigenvalue weighted by Crippen LogP contribution is -2.20. The van der Waals surface area contributed by atoms with E-state index < -0.39 is 11.7 Å². The van der Waals surface area contributed by atoms with Crippen LogP contribution >= 0.6 is 15.9 Å². The first kappa shape index (κ1) is 30.2. The maximum atomic E-state index is 13.1. The highest BCUT2D eigenvalue weighted by molar-refractivity contribution is 9.10. The lowest BCUT2D eigenvalue weighted by Gasteiger charge is -2.13. The van der Waals surface area contributed by atoms with Crippen molar-refractivity contribution < 1.29 is 23.5 Å². The Balaban J connectivity index is 1.21. The highest BCUT2D eigenvalue weighted by Gasteiger charge is 2.14. The van der Waals surface area contributed by atoms with E-state index in [0.29, 0.717) is 32.8 Å². The second kappa shape index (κ2) is 13.8. The minimum Gasteiger partial charge on any atom is -0.493 e. The Morgan fingerprint density at radius 2 is 1.68 bits per heavy atom. The van der Waals surface area contributed by atoms with Crippen molar-refractivity contribution >= 4 is 39.6 Å². The van der Waals surface area contributed by atoms with E-state index in [2.05, 4.69) is 60.6 Å². The summed E-state index contributed by atoms with van der Waals surface area (Å²) < 4.78 is 26.9. The highest BCUT2D eigenvalue weighted by Crippen LogP contribution is 2.36. The number of aromatic nitrogens is 1. The number of hydrazone groups is 1. The van der Waals surface area contributed by atoms with Crippen molar-refractivity contribution in [1.82, 2.24) is 9.99 Å². The van der Waals surface area contributed by atoms with Crippen molar-refractivity contribution in [2.45, 2.75) is 6.92 Å². The van der Waals surface area contributed by atoms with Gasteiger partial charge in [-0.05, 0) is 107 Å². The summed E-state index contributed by atoms with van der Waals surface area (Å²) in [5.41, 5.74) is 8.26. The number of carbonyl (C=O) groups is 2. The molecule has 5 aromatic rings. The summed E-state index contributed by atoms with van der Waals surface area (Å²) >= 11 is 3.44. The summed E-state index contributed by atoms with van der Waals surface area (Å²) in [7, 11) is 1.47. The third kappa shape index (κ3) is 7.22. The largest absolute Gasteiger partial charge is 0.493 e. The Labute approximate surface area is 262 Å². The molecule has 0 atom stereocenters. The molecule has 4 aromatic carbocycles. The molecular weight excluding hydrogens is 627 g/mol. The van der Waals surface area contributed by atoms with Gasteiger partial charge in [-0.1, -0.05) is 30.3 Å². The van der Waals surface area contributed by atoms with Crippen LogP contribution in [0, 0.1) is 12.7 Å². The fraction of sp³-hybridized carbons (Fsp3) is 0.0882. The van der Waals surface area contributed by atoms with Gasteiger partial charge in [0.2, 0.25) is 0 Å². The first-order valence-corrected chi connectivity index (χ1v) is 14.3. The van der Waals surface area contributed by atoms with Gasteiger partial charge < -0.3 is 19.4 Å². The van der Waals surface area contributed by atoms with Crippen molar-refractivity contribution in [3.8, 4) is 28.4 Å². The molecule has 0 aliphatic carbocycles. The topological polar surface area (TPSA) is 93.9 Å². The fourth-order valence-corrected chi connectivity index (χ4v) is 5.10. The van der Waals surface area contributed by atoms with E-state index in [1.807, 2.05) is 37.3 Å². The minimum absolute atomic E-state index is 0.300. The molecular formula is C34H28BrFN4O4. The molecule has 0 saturated carbocycles. The maximum absolute atomic E-state index is 13.1. The van der Waals surface area contributed by atoms with E-state index in [-0.39, 0.29) is 12.5 Å². The van der Waals surface area contributed by atoms with Gasteiger partial charge in [0.1, 0.15) is 5.82 Å². The highest BCUT2D eigenvalue weighted by atomic mass is 79.9. The number of ether oxygens (including phenoxy) is 2. The SMILES string of the molecule is COc1cc(/C=N/NC(=O)c2ccc(-n3c(C)ccc3-c3ccccc3)cc2)cc(Br)c1OCC(=O)Nc1ccc(F)cc1. The summed E-state index contributed by atoms with van der Waals surface area (Å²) in [5.74, 6) is -0.513. The van der Waals surface area contributed by atoms with Crippen LogP contribution in [-0.4, -0.2) is 36.3 Å². The van der Waals surface area contributed by atoms with E-state index in [1.54, 1.807) is 24.3 Å². The molecule has 5 rings (SSSR count). The number of carbonyl (C=O) groups excluding carboxylic acids is 2. The molecule has 0 bridgehead atoms. The van der Waals surface area contributed by atoms with Crippen molar-refractivity contribution in [3.63, 3.8) is 0 Å². The zero-order valence-electron chi connectivity index (χ0n) is 23.9. The second-order valence-electron chi connectivity index (χ2n) is 9.69. The predicted octanol–water partition coefficient (Wildman–Crippen LogP) is 7.14. The van der Waals surface area contributed by atoms with Crippen LogP contribution in [0.5, 0.6) is 11.5 Å². The lowest BCUT2D eigenvalue weighted by molar-refractivity contribution is -0.118. The number of hydrogen-bond donors (Lipinski definition) is 2. The molecule has 0 saturated heterocycles. The van der Waals surface area contributed by atoms with Gasteiger partial charge in [0.25, 0.3) is 11.8 Å². The van der Waals surface area contributed by atoms with Crippen molar-refractivity contribution in [2.24, 2.45) is 5.10 Å². The number of benzene rings is 4. The zero-order chi connectivity index (χ0) is 31.1. The minimum atomic E-state index is -0.424.